The number of aromatic nitrogens is 3. The third-order valence-corrected chi connectivity index (χ3v) is 7.44. The van der Waals surface area contributed by atoms with Crippen molar-refractivity contribution in [2.45, 2.75) is 44.5 Å². The van der Waals surface area contributed by atoms with Crippen molar-refractivity contribution in [3.05, 3.63) is 60.3 Å². The molecule has 7 rings (SSSR count). The van der Waals surface area contributed by atoms with Gasteiger partial charge in [-0.3, -0.25) is 0 Å². The lowest BCUT2D eigenvalue weighted by atomic mass is 9.68. The molecule has 192 valence electrons. The number of fused-ring (bicyclic) bond motifs is 4. The number of anilines is 1. The van der Waals surface area contributed by atoms with Crippen LogP contribution in [0.15, 0.2) is 48.7 Å². The van der Waals surface area contributed by atoms with Gasteiger partial charge in [-0.1, -0.05) is 12.8 Å². The Bertz CT molecular complexity index is 1440. The van der Waals surface area contributed by atoms with Gasteiger partial charge < -0.3 is 15.0 Å². The third kappa shape index (κ3) is 4.84. The smallest absolute Gasteiger partial charge is 0.406 e. The molecule has 2 N–H and O–H groups in total. The standard InChI is InChI=1S/C27H23F5N4O/c28-17-10-19-20(13-33-25(19)21(29)11-17)26-35-23(16-5-7-18(8-6-16)37-27(30,31)32)12-24(36-26)34-22-9-14-1-3-15(22)4-2-14/h5-8,10-15,22,33H,1-4,9H2,(H,34,35,36). The number of ether oxygens (including phenoxy) is 1. The Labute approximate surface area is 209 Å². The summed E-state index contributed by atoms with van der Waals surface area (Å²) in [6.45, 7) is 0. The fourth-order valence-corrected chi connectivity index (χ4v) is 5.70. The first-order chi connectivity index (χ1) is 17.7. The summed E-state index contributed by atoms with van der Waals surface area (Å²) in [5.41, 5.74) is 1.56. The number of hydrogen-bond acceptors (Lipinski definition) is 4. The minimum absolute atomic E-state index is 0.137. The van der Waals surface area contributed by atoms with Gasteiger partial charge in [0.2, 0.25) is 0 Å². The van der Waals surface area contributed by atoms with Crippen molar-refractivity contribution in [1.29, 1.82) is 0 Å². The zero-order valence-corrected chi connectivity index (χ0v) is 19.6. The van der Waals surface area contributed by atoms with Crippen LogP contribution in [0.2, 0.25) is 0 Å². The molecule has 3 saturated carbocycles. The molecular weight excluding hydrogens is 491 g/mol. The van der Waals surface area contributed by atoms with E-state index in [1.165, 1.54) is 49.4 Å². The van der Waals surface area contributed by atoms with E-state index in [9.17, 15) is 22.0 Å². The summed E-state index contributed by atoms with van der Waals surface area (Å²) in [4.78, 5) is 12.1. The van der Waals surface area contributed by atoms with Crippen LogP contribution >= 0.6 is 0 Å². The topological polar surface area (TPSA) is 62.8 Å². The molecule has 2 aromatic carbocycles. The lowest BCUT2D eigenvalue weighted by Crippen LogP contribution is -2.40. The Balaban J connectivity index is 1.41. The first kappa shape index (κ1) is 23.7. The number of hydrogen-bond donors (Lipinski definition) is 2. The summed E-state index contributed by atoms with van der Waals surface area (Å²) in [5.74, 6) is 0.232. The Morgan fingerprint density at radius 2 is 1.70 bits per heavy atom. The van der Waals surface area contributed by atoms with Gasteiger partial charge in [0, 0.05) is 40.9 Å². The normalized spacial score (nSPS) is 21.4. The maximum absolute atomic E-state index is 14.3. The maximum atomic E-state index is 14.3. The summed E-state index contributed by atoms with van der Waals surface area (Å²) in [6.07, 6.45) is 2.58. The Hall–Kier alpha value is -3.69. The lowest BCUT2D eigenvalue weighted by Gasteiger charge is -2.42. The van der Waals surface area contributed by atoms with Crippen molar-refractivity contribution < 1.29 is 26.7 Å². The highest BCUT2D eigenvalue weighted by atomic mass is 19.4. The quantitative estimate of drug-likeness (QED) is 0.272. The summed E-state index contributed by atoms with van der Waals surface area (Å²) in [7, 11) is 0. The van der Waals surface area contributed by atoms with Crippen LogP contribution in [0.1, 0.15) is 32.1 Å². The van der Waals surface area contributed by atoms with Crippen LogP contribution < -0.4 is 10.1 Å². The van der Waals surface area contributed by atoms with Gasteiger partial charge >= 0.3 is 6.36 Å². The number of nitrogens with one attached hydrogen (secondary N) is 2. The van der Waals surface area contributed by atoms with Crippen molar-refractivity contribution in [1.82, 2.24) is 15.0 Å². The minimum atomic E-state index is -4.79. The number of nitrogens with zero attached hydrogens (tertiary/aromatic N) is 2. The minimum Gasteiger partial charge on any atom is -0.406 e. The van der Waals surface area contributed by atoms with Gasteiger partial charge in [0.1, 0.15) is 23.2 Å². The van der Waals surface area contributed by atoms with E-state index in [1.807, 2.05) is 0 Å². The molecule has 1 unspecified atom stereocenters. The Morgan fingerprint density at radius 3 is 2.38 bits per heavy atom. The van der Waals surface area contributed by atoms with Crippen molar-refractivity contribution in [2.24, 2.45) is 11.8 Å². The van der Waals surface area contributed by atoms with Gasteiger partial charge in [-0.15, -0.1) is 13.2 Å². The zero-order chi connectivity index (χ0) is 25.7. The molecule has 4 aromatic rings. The molecule has 0 amide bonds. The lowest BCUT2D eigenvalue weighted by molar-refractivity contribution is -0.274. The highest BCUT2D eigenvalue weighted by molar-refractivity contribution is 5.94. The van der Waals surface area contributed by atoms with Crippen molar-refractivity contribution in [3.8, 4) is 28.4 Å². The van der Waals surface area contributed by atoms with Gasteiger partial charge in [-0.05, 0) is 61.4 Å². The zero-order valence-electron chi connectivity index (χ0n) is 19.6. The fourth-order valence-electron chi connectivity index (χ4n) is 5.70. The number of rotatable bonds is 5. The van der Waals surface area contributed by atoms with Crippen LogP contribution in [0.25, 0.3) is 33.5 Å². The third-order valence-electron chi connectivity index (χ3n) is 7.44. The Morgan fingerprint density at radius 1 is 0.946 bits per heavy atom. The van der Waals surface area contributed by atoms with Gasteiger partial charge in [0.25, 0.3) is 0 Å². The van der Waals surface area contributed by atoms with Crippen molar-refractivity contribution >= 4 is 16.7 Å². The van der Waals surface area contributed by atoms with Crippen LogP contribution in [-0.4, -0.2) is 27.4 Å². The van der Waals surface area contributed by atoms with E-state index < -0.39 is 18.0 Å². The molecule has 0 spiro atoms. The van der Waals surface area contributed by atoms with E-state index in [1.54, 1.807) is 6.07 Å². The van der Waals surface area contributed by atoms with E-state index in [0.717, 1.165) is 25.3 Å². The molecule has 3 aliphatic carbocycles. The maximum Gasteiger partial charge on any atom is 0.573 e. The fraction of sp³-hybridized carbons (Fsp3) is 0.333. The van der Waals surface area contributed by atoms with Crippen molar-refractivity contribution in [3.63, 3.8) is 0 Å². The molecule has 10 heteroatoms. The van der Waals surface area contributed by atoms with Gasteiger partial charge in [-0.25, -0.2) is 18.7 Å². The van der Waals surface area contributed by atoms with E-state index in [2.05, 4.69) is 20.0 Å². The second-order valence-corrected chi connectivity index (χ2v) is 9.81. The molecular formula is C27H23F5N4O. The van der Waals surface area contributed by atoms with Gasteiger partial charge in [-0.2, -0.15) is 0 Å². The van der Waals surface area contributed by atoms with E-state index in [4.69, 9.17) is 4.98 Å². The molecule has 0 aliphatic heterocycles. The summed E-state index contributed by atoms with van der Waals surface area (Å²) in [6, 6.07) is 9.42. The molecule has 2 aromatic heterocycles. The monoisotopic (exact) mass is 514 g/mol. The average Bonchev–Trinajstić information content (AvgIpc) is 3.28. The van der Waals surface area contributed by atoms with Crippen molar-refractivity contribution in [2.75, 3.05) is 5.32 Å². The molecule has 2 heterocycles. The van der Waals surface area contributed by atoms with Crippen LogP contribution in [-0.2, 0) is 0 Å². The molecule has 1 atom stereocenters. The van der Waals surface area contributed by atoms with E-state index >= 15 is 0 Å². The first-order valence-electron chi connectivity index (χ1n) is 12.2. The predicted octanol–water partition coefficient (Wildman–Crippen LogP) is 7.46. The molecule has 37 heavy (non-hydrogen) atoms. The SMILES string of the molecule is Fc1cc(F)c2[nH]cc(-c3nc(NC4CC5CCC4CC5)cc(-c4ccc(OC(F)(F)F)cc4)n3)c2c1. The van der Waals surface area contributed by atoms with Crippen LogP contribution in [0.5, 0.6) is 5.75 Å². The van der Waals surface area contributed by atoms with Crippen LogP contribution in [0.4, 0.5) is 27.8 Å². The Kier molecular flexibility index (Phi) is 5.77. The number of H-pyrrole nitrogens is 1. The largest absolute Gasteiger partial charge is 0.573 e. The summed E-state index contributed by atoms with van der Waals surface area (Å²) in [5, 5.41) is 3.85. The van der Waals surface area contributed by atoms with Gasteiger partial charge in [0.05, 0.1) is 11.2 Å². The summed E-state index contributed by atoms with van der Waals surface area (Å²) >= 11 is 0. The number of benzene rings is 2. The predicted molar refractivity (Wildman–Crippen MR) is 129 cm³/mol. The second-order valence-electron chi connectivity index (χ2n) is 9.81. The molecule has 0 saturated heterocycles. The molecule has 5 nitrogen and oxygen atoms in total. The first-order valence-corrected chi connectivity index (χ1v) is 12.2. The number of halogens is 5. The molecule has 3 fully saturated rings. The summed E-state index contributed by atoms with van der Waals surface area (Å²) < 4.78 is 70.1. The number of aromatic amines is 1. The average molecular weight is 514 g/mol. The van der Waals surface area contributed by atoms with Gasteiger partial charge in [0.15, 0.2) is 5.82 Å². The molecule has 3 aliphatic rings. The van der Waals surface area contributed by atoms with E-state index in [-0.39, 0.29) is 23.1 Å². The van der Waals surface area contributed by atoms with Crippen LogP contribution in [0, 0.1) is 23.5 Å². The highest BCUT2D eigenvalue weighted by Crippen LogP contribution is 2.42. The molecule has 0 radical (unpaired) electrons. The van der Waals surface area contributed by atoms with Crippen LogP contribution in [0.3, 0.4) is 0 Å². The van der Waals surface area contributed by atoms with E-state index in [0.29, 0.717) is 39.9 Å². The molecule has 2 bridgehead atoms. The second kappa shape index (κ2) is 9.00. The number of alkyl halides is 3. The highest BCUT2D eigenvalue weighted by Gasteiger charge is 2.36.